The lowest BCUT2D eigenvalue weighted by molar-refractivity contribution is 0.00578. The van der Waals surface area contributed by atoms with Crippen molar-refractivity contribution in [3.8, 4) is 0 Å². The second-order valence-corrected chi connectivity index (χ2v) is 9.69. The van der Waals surface area contributed by atoms with Gasteiger partial charge in [-0.25, -0.2) is 4.79 Å². The van der Waals surface area contributed by atoms with Crippen LogP contribution < -0.4 is 10.8 Å². The fraction of sp³-hybridized carbons (Fsp3) is 0.667. The monoisotopic (exact) mass is 388 g/mol. The summed E-state index contributed by atoms with van der Waals surface area (Å²) in [4.78, 5) is 14.2. The number of hydrogen-bond acceptors (Lipinski definition) is 5. The second-order valence-electron chi connectivity index (χ2n) is 9.69. The van der Waals surface area contributed by atoms with Gasteiger partial charge in [0.25, 0.3) is 0 Å². The normalized spacial score (nSPS) is 24.3. The molecule has 1 atom stereocenters. The van der Waals surface area contributed by atoms with Crippen LogP contribution in [0.4, 0.5) is 4.79 Å². The molecule has 0 saturated carbocycles. The van der Waals surface area contributed by atoms with E-state index in [1.807, 2.05) is 32.9 Å². The minimum atomic E-state index is -0.484. The van der Waals surface area contributed by atoms with E-state index in [1.165, 1.54) is 0 Å². The molecule has 6 nitrogen and oxygen atoms in total. The van der Waals surface area contributed by atoms with Crippen molar-refractivity contribution in [1.82, 2.24) is 10.2 Å². The third-order valence-electron chi connectivity index (χ3n) is 5.69. The molecule has 2 fully saturated rings. The van der Waals surface area contributed by atoms with Crippen LogP contribution in [0.25, 0.3) is 0 Å². The third-order valence-corrected chi connectivity index (χ3v) is 5.69. The van der Waals surface area contributed by atoms with E-state index in [4.69, 9.17) is 14.0 Å². The maximum atomic E-state index is 12.4. The van der Waals surface area contributed by atoms with Crippen molar-refractivity contribution in [1.29, 1.82) is 0 Å². The lowest BCUT2D eigenvalue weighted by atomic mass is 9.78. The molecule has 1 N–H and O–H groups in total. The van der Waals surface area contributed by atoms with Crippen LogP contribution in [0.5, 0.6) is 0 Å². The van der Waals surface area contributed by atoms with Crippen molar-refractivity contribution >= 4 is 18.7 Å². The number of ether oxygens (including phenoxy) is 1. The van der Waals surface area contributed by atoms with Crippen molar-refractivity contribution in [2.24, 2.45) is 0 Å². The molecule has 2 saturated heterocycles. The Hall–Kier alpha value is -1.57. The number of piperazine rings is 1. The van der Waals surface area contributed by atoms with Crippen LogP contribution in [-0.4, -0.2) is 54.5 Å². The number of nitrogens with one attached hydrogen (secondary N) is 1. The smallest absolute Gasteiger partial charge is 0.444 e. The van der Waals surface area contributed by atoms with Crippen molar-refractivity contribution in [2.45, 2.75) is 71.3 Å². The molecule has 154 valence electrons. The van der Waals surface area contributed by atoms with Crippen LogP contribution in [0.3, 0.4) is 0 Å². The molecule has 28 heavy (non-hydrogen) atoms. The number of nitrogens with zero attached hydrogens (tertiary/aromatic N) is 1. The van der Waals surface area contributed by atoms with Gasteiger partial charge in [0.2, 0.25) is 0 Å². The summed E-state index contributed by atoms with van der Waals surface area (Å²) in [5.74, 6) is 0. The highest BCUT2D eigenvalue weighted by atomic mass is 16.7. The zero-order valence-corrected chi connectivity index (χ0v) is 18.2. The molecular formula is C21H33BN2O4. The largest absolute Gasteiger partial charge is 0.494 e. The van der Waals surface area contributed by atoms with Gasteiger partial charge >= 0.3 is 13.2 Å². The first-order chi connectivity index (χ1) is 12.9. The zero-order chi connectivity index (χ0) is 20.7. The summed E-state index contributed by atoms with van der Waals surface area (Å²) in [5.41, 5.74) is 0.947. The van der Waals surface area contributed by atoms with Crippen LogP contribution in [-0.2, 0) is 14.0 Å². The minimum Gasteiger partial charge on any atom is -0.444 e. The Morgan fingerprint density at radius 1 is 1.14 bits per heavy atom. The molecular weight excluding hydrogens is 355 g/mol. The highest BCUT2D eigenvalue weighted by Crippen LogP contribution is 2.36. The number of carbonyl (C=O) groups is 1. The molecule has 3 rings (SSSR count). The van der Waals surface area contributed by atoms with E-state index >= 15 is 0 Å². The molecule has 7 heteroatoms. The Kier molecular flexibility index (Phi) is 5.56. The number of hydrogen-bond donors (Lipinski definition) is 1. The lowest BCUT2D eigenvalue weighted by Crippen LogP contribution is -2.49. The SMILES string of the molecule is CC(C)(C)OC(=O)N1CCN[C@H](c2ccc(B3OC(C)(C)C(C)(C)O3)cc2)C1. The lowest BCUT2D eigenvalue weighted by Gasteiger charge is -2.35. The first-order valence-electron chi connectivity index (χ1n) is 10.0. The van der Waals surface area contributed by atoms with Gasteiger partial charge in [-0.05, 0) is 59.5 Å². The molecule has 1 aromatic carbocycles. The van der Waals surface area contributed by atoms with E-state index < -0.39 is 5.60 Å². The molecule has 0 aliphatic carbocycles. The van der Waals surface area contributed by atoms with Gasteiger partial charge in [0.1, 0.15) is 5.60 Å². The van der Waals surface area contributed by atoms with E-state index in [9.17, 15) is 4.79 Å². The van der Waals surface area contributed by atoms with Crippen molar-refractivity contribution in [3.05, 3.63) is 29.8 Å². The predicted octanol–water partition coefficient (Wildman–Crippen LogP) is 2.87. The maximum Gasteiger partial charge on any atom is 0.494 e. The van der Waals surface area contributed by atoms with Crippen LogP contribution in [0, 0.1) is 0 Å². The number of amides is 1. The van der Waals surface area contributed by atoms with Crippen LogP contribution in [0.1, 0.15) is 60.1 Å². The molecule has 0 bridgehead atoms. The summed E-state index contributed by atoms with van der Waals surface area (Å²) in [6.07, 6.45) is -0.257. The topological polar surface area (TPSA) is 60.0 Å². The Labute approximate surface area is 169 Å². The fourth-order valence-corrected chi connectivity index (χ4v) is 3.33. The summed E-state index contributed by atoms with van der Waals surface area (Å²) in [6, 6.07) is 8.33. The quantitative estimate of drug-likeness (QED) is 0.790. The third kappa shape index (κ3) is 4.53. The van der Waals surface area contributed by atoms with Crippen LogP contribution in [0.15, 0.2) is 24.3 Å². The highest BCUT2D eigenvalue weighted by Gasteiger charge is 2.51. The zero-order valence-electron chi connectivity index (χ0n) is 18.2. The Balaban J connectivity index is 1.66. The summed E-state index contributed by atoms with van der Waals surface area (Å²) in [6.45, 7) is 15.9. The first-order valence-corrected chi connectivity index (χ1v) is 10.0. The molecule has 0 radical (unpaired) electrons. The molecule has 1 aromatic rings. The number of rotatable bonds is 2. The fourth-order valence-electron chi connectivity index (χ4n) is 3.33. The first kappa shape index (κ1) is 21.2. The van der Waals surface area contributed by atoms with E-state index in [0.29, 0.717) is 13.1 Å². The summed E-state index contributed by atoms with van der Waals surface area (Å²) in [7, 11) is -0.364. The highest BCUT2D eigenvalue weighted by molar-refractivity contribution is 6.62. The Morgan fingerprint density at radius 2 is 1.71 bits per heavy atom. The van der Waals surface area contributed by atoms with Crippen molar-refractivity contribution < 1.29 is 18.8 Å². The van der Waals surface area contributed by atoms with Crippen LogP contribution >= 0.6 is 0 Å². The van der Waals surface area contributed by atoms with Gasteiger partial charge in [0, 0.05) is 19.6 Å². The van der Waals surface area contributed by atoms with Gasteiger partial charge in [-0.1, -0.05) is 24.3 Å². The summed E-state index contributed by atoms with van der Waals surface area (Å²) >= 11 is 0. The van der Waals surface area contributed by atoms with Gasteiger partial charge < -0.3 is 24.3 Å². The molecule has 0 spiro atoms. The molecule has 2 aliphatic heterocycles. The molecule has 0 unspecified atom stereocenters. The predicted molar refractivity (Wildman–Crippen MR) is 111 cm³/mol. The van der Waals surface area contributed by atoms with Crippen molar-refractivity contribution in [3.63, 3.8) is 0 Å². The molecule has 0 aromatic heterocycles. The van der Waals surface area contributed by atoms with E-state index in [2.05, 4.69) is 45.1 Å². The van der Waals surface area contributed by atoms with Gasteiger partial charge in [-0.15, -0.1) is 0 Å². The van der Waals surface area contributed by atoms with Gasteiger partial charge in [0.15, 0.2) is 0 Å². The average molecular weight is 388 g/mol. The number of carbonyl (C=O) groups excluding carboxylic acids is 1. The second kappa shape index (κ2) is 7.36. The Bertz CT molecular complexity index is 696. The van der Waals surface area contributed by atoms with E-state index in [0.717, 1.165) is 17.6 Å². The molecule has 2 aliphatic rings. The van der Waals surface area contributed by atoms with Gasteiger partial charge in [-0.2, -0.15) is 0 Å². The Morgan fingerprint density at radius 3 is 2.25 bits per heavy atom. The van der Waals surface area contributed by atoms with E-state index in [-0.39, 0.29) is 30.5 Å². The van der Waals surface area contributed by atoms with Crippen LogP contribution in [0.2, 0.25) is 0 Å². The summed E-state index contributed by atoms with van der Waals surface area (Å²) in [5, 5.41) is 3.49. The maximum absolute atomic E-state index is 12.4. The molecule has 2 heterocycles. The average Bonchev–Trinajstić information content (AvgIpc) is 2.81. The van der Waals surface area contributed by atoms with Gasteiger partial charge in [-0.3, -0.25) is 0 Å². The number of benzene rings is 1. The van der Waals surface area contributed by atoms with Crippen molar-refractivity contribution in [2.75, 3.05) is 19.6 Å². The summed E-state index contributed by atoms with van der Waals surface area (Å²) < 4.78 is 17.8. The van der Waals surface area contributed by atoms with E-state index in [1.54, 1.807) is 4.90 Å². The van der Waals surface area contributed by atoms with Gasteiger partial charge in [0.05, 0.1) is 17.2 Å². The minimum absolute atomic E-state index is 0.0774. The standard InChI is InChI=1S/C21H33BN2O4/c1-19(2,3)26-18(25)24-13-12-23-17(14-24)15-8-10-16(11-9-15)22-27-20(4,5)21(6,7)28-22/h8-11,17,23H,12-14H2,1-7H3/t17-/m0/s1. The molecule has 1 amide bonds.